The summed E-state index contributed by atoms with van der Waals surface area (Å²) in [6, 6.07) is 7.44. The summed E-state index contributed by atoms with van der Waals surface area (Å²) < 4.78 is 11.1. The van der Waals surface area contributed by atoms with Crippen LogP contribution in [0.3, 0.4) is 0 Å². The van der Waals surface area contributed by atoms with Crippen LogP contribution >= 0.6 is 23.2 Å². The number of methoxy groups -OCH3 is 1. The first kappa shape index (κ1) is 14.9. The Morgan fingerprint density at radius 3 is 2.60 bits per heavy atom. The summed E-state index contributed by atoms with van der Waals surface area (Å²) in [4.78, 5) is 3.98. The minimum Gasteiger partial charge on any atom is -0.493 e. The molecule has 0 radical (unpaired) electrons. The molecule has 0 spiro atoms. The lowest BCUT2D eigenvalue weighted by Crippen LogP contribution is -2.04. The molecule has 0 fully saturated rings. The van der Waals surface area contributed by atoms with Gasteiger partial charge >= 0.3 is 0 Å². The predicted octanol–water partition coefficient (Wildman–Crippen LogP) is 4.10. The van der Waals surface area contributed by atoms with Gasteiger partial charge in [0.05, 0.1) is 19.6 Å². The van der Waals surface area contributed by atoms with Crippen molar-refractivity contribution in [1.82, 2.24) is 4.98 Å². The van der Waals surface area contributed by atoms with Crippen molar-refractivity contribution in [3.63, 3.8) is 0 Å². The van der Waals surface area contributed by atoms with E-state index in [1.165, 1.54) is 5.56 Å². The molecule has 0 aliphatic carbocycles. The third-order valence-corrected chi connectivity index (χ3v) is 3.35. The second-order valence-corrected chi connectivity index (χ2v) is 4.89. The van der Waals surface area contributed by atoms with Gasteiger partial charge in [-0.05, 0) is 23.8 Å². The second-order valence-electron chi connectivity index (χ2n) is 4.18. The molecule has 0 N–H and O–H groups in total. The average molecular weight is 312 g/mol. The Morgan fingerprint density at radius 2 is 1.95 bits per heavy atom. The van der Waals surface area contributed by atoms with E-state index in [0.29, 0.717) is 29.0 Å². The standard InChI is InChI=1S/C15H15Cl2NO2/c1-19-14-9-13(17)8-12(10-16)15(14)20-7-4-11-2-5-18-6-3-11/h2-3,5-6,8-9H,4,7,10H2,1H3. The van der Waals surface area contributed by atoms with Crippen LogP contribution in [0.2, 0.25) is 5.02 Å². The van der Waals surface area contributed by atoms with Gasteiger partial charge in [-0.15, -0.1) is 11.6 Å². The fourth-order valence-corrected chi connectivity index (χ4v) is 2.29. The Balaban J connectivity index is 2.08. The Kier molecular flexibility index (Phi) is 5.50. The molecule has 20 heavy (non-hydrogen) atoms. The fourth-order valence-electron chi connectivity index (χ4n) is 1.86. The lowest BCUT2D eigenvalue weighted by atomic mass is 10.2. The van der Waals surface area contributed by atoms with E-state index < -0.39 is 0 Å². The van der Waals surface area contributed by atoms with Gasteiger partial charge in [0.2, 0.25) is 0 Å². The molecule has 0 aliphatic rings. The van der Waals surface area contributed by atoms with Crippen LogP contribution in [-0.2, 0) is 12.3 Å². The minimum absolute atomic E-state index is 0.321. The van der Waals surface area contributed by atoms with Gasteiger partial charge in [-0.1, -0.05) is 11.6 Å². The number of hydrogen-bond acceptors (Lipinski definition) is 3. The van der Waals surface area contributed by atoms with Gasteiger partial charge in [-0.2, -0.15) is 0 Å². The van der Waals surface area contributed by atoms with Crippen molar-refractivity contribution in [2.45, 2.75) is 12.3 Å². The van der Waals surface area contributed by atoms with Crippen molar-refractivity contribution < 1.29 is 9.47 Å². The van der Waals surface area contributed by atoms with Crippen molar-refractivity contribution in [2.75, 3.05) is 13.7 Å². The molecule has 0 saturated carbocycles. The number of ether oxygens (including phenoxy) is 2. The van der Waals surface area contributed by atoms with Gasteiger partial charge in [0.1, 0.15) is 0 Å². The molecule has 2 rings (SSSR count). The van der Waals surface area contributed by atoms with Crippen molar-refractivity contribution in [1.29, 1.82) is 0 Å². The third kappa shape index (κ3) is 3.78. The molecular formula is C15H15Cl2NO2. The van der Waals surface area contributed by atoms with Crippen LogP contribution in [0.4, 0.5) is 0 Å². The zero-order chi connectivity index (χ0) is 14.4. The Morgan fingerprint density at radius 1 is 1.20 bits per heavy atom. The van der Waals surface area contributed by atoms with Crippen LogP contribution in [0.1, 0.15) is 11.1 Å². The molecule has 1 aromatic heterocycles. The number of alkyl halides is 1. The molecule has 0 unspecified atom stereocenters. The fraction of sp³-hybridized carbons (Fsp3) is 0.267. The molecule has 0 aliphatic heterocycles. The first-order chi connectivity index (χ1) is 9.74. The summed E-state index contributed by atoms with van der Waals surface area (Å²) in [7, 11) is 1.58. The summed E-state index contributed by atoms with van der Waals surface area (Å²) in [5.41, 5.74) is 1.99. The number of halogens is 2. The molecule has 0 saturated heterocycles. The molecule has 0 amide bonds. The zero-order valence-corrected chi connectivity index (χ0v) is 12.6. The second kappa shape index (κ2) is 7.36. The van der Waals surface area contributed by atoms with Crippen molar-refractivity contribution >= 4 is 23.2 Å². The highest BCUT2D eigenvalue weighted by atomic mass is 35.5. The van der Waals surface area contributed by atoms with E-state index in [1.54, 1.807) is 31.6 Å². The number of nitrogens with zero attached hydrogens (tertiary/aromatic N) is 1. The summed E-state index contributed by atoms with van der Waals surface area (Å²) in [5, 5.41) is 0.582. The van der Waals surface area contributed by atoms with Crippen LogP contribution in [0.5, 0.6) is 11.5 Å². The number of rotatable bonds is 6. The SMILES string of the molecule is COc1cc(Cl)cc(CCl)c1OCCc1ccncc1. The third-order valence-electron chi connectivity index (χ3n) is 2.85. The number of hydrogen-bond donors (Lipinski definition) is 0. The van der Waals surface area contributed by atoms with Crippen LogP contribution in [0.25, 0.3) is 0 Å². The van der Waals surface area contributed by atoms with Gasteiger partial charge in [0.15, 0.2) is 11.5 Å². The quantitative estimate of drug-likeness (QED) is 0.752. The maximum Gasteiger partial charge on any atom is 0.165 e. The highest BCUT2D eigenvalue weighted by Crippen LogP contribution is 2.35. The van der Waals surface area contributed by atoms with Gasteiger partial charge in [0.25, 0.3) is 0 Å². The Labute approximate surface area is 128 Å². The normalized spacial score (nSPS) is 10.3. The smallest absolute Gasteiger partial charge is 0.165 e. The molecule has 1 heterocycles. The predicted molar refractivity (Wildman–Crippen MR) is 81.0 cm³/mol. The van der Waals surface area contributed by atoms with E-state index in [1.807, 2.05) is 12.1 Å². The molecule has 0 bridgehead atoms. The van der Waals surface area contributed by atoms with E-state index in [-0.39, 0.29) is 0 Å². The maximum absolute atomic E-state index is 6.01. The van der Waals surface area contributed by atoms with E-state index >= 15 is 0 Å². The molecule has 106 valence electrons. The van der Waals surface area contributed by atoms with Crippen LogP contribution in [0, 0.1) is 0 Å². The number of pyridine rings is 1. The molecule has 3 nitrogen and oxygen atoms in total. The average Bonchev–Trinajstić information content (AvgIpc) is 2.49. The first-order valence-electron chi connectivity index (χ1n) is 6.18. The Bertz CT molecular complexity index is 536. The van der Waals surface area contributed by atoms with Crippen molar-refractivity contribution in [2.24, 2.45) is 0 Å². The van der Waals surface area contributed by atoms with Gasteiger partial charge in [-0.25, -0.2) is 0 Å². The van der Waals surface area contributed by atoms with Gasteiger partial charge in [0, 0.05) is 35.5 Å². The largest absolute Gasteiger partial charge is 0.493 e. The summed E-state index contributed by atoms with van der Waals surface area (Å²) in [5.74, 6) is 1.57. The first-order valence-corrected chi connectivity index (χ1v) is 7.10. The van der Waals surface area contributed by atoms with E-state index in [2.05, 4.69) is 4.98 Å². The molecule has 5 heteroatoms. The van der Waals surface area contributed by atoms with Crippen LogP contribution < -0.4 is 9.47 Å². The molecule has 1 aromatic carbocycles. The van der Waals surface area contributed by atoms with Gasteiger partial charge in [-0.3, -0.25) is 4.98 Å². The lowest BCUT2D eigenvalue weighted by Gasteiger charge is -2.14. The maximum atomic E-state index is 6.01. The zero-order valence-electron chi connectivity index (χ0n) is 11.1. The molecular weight excluding hydrogens is 297 g/mol. The summed E-state index contributed by atoms with van der Waals surface area (Å²) >= 11 is 11.9. The summed E-state index contributed by atoms with van der Waals surface area (Å²) in [6.07, 6.45) is 4.32. The molecule has 0 atom stereocenters. The molecule has 2 aromatic rings. The van der Waals surface area contributed by atoms with E-state index in [4.69, 9.17) is 32.7 Å². The minimum atomic E-state index is 0.321. The highest BCUT2D eigenvalue weighted by Gasteiger charge is 2.12. The lowest BCUT2D eigenvalue weighted by molar-refractivity contribution is 0.295. The van der Waals surface area contributed by atoms with Crippen LogP contribution in [-0.4, -0.2) is 18.7 Å². The highest BCUT2D eigenvalue weighted by molar-refractivity contribution is 6.31. The van der Waals surface area contributed by atoms with E-state index in [9.17, 15) is 0 Å². The van der Waals surface area contributed by atoms with Crippen molar-refractivity contribution in [3.05, 3.63) is 52.8 Å². The van der Waals surface area contributed by atoms with Gasteiger partial charge < -0.3 is 9.47 Å². The summed E-state index contributed by atoms with van der Waals surface area (Å²) in [6.45, 7) is 0.534. The van der Waals surface area contributed by atoms with Crippen molar-refractivity contribution in [3.8, 4) is 11.5 Å². The number of aromatic nitrogens is 1. The van der Waals surface area contributed by atoms with E-state index in [0.717, 1.165) is 12.0 Å². The topological polar surface area (TPSA) is 31.4 Å². The van der Waals surface area contributed by atoms with Crippen LogP contribution in [0.15, 0.2) is 36.7 Å². The number of benzene rings is 1. The Hall–Kier alpha value is -1.45. The monoisotopic (exact) mass is 311 g/mol.